The second-order valence-electron chi connectivity index (χ2n) is 7.68. The van der Waals surface area contributed by atoms with Crippen LogP contribution in [0.3, 0.4) is 0 Å². The van der Waals surface area contributed by atoms with Gasteiger partial charge in [0.05, 0.1) is 7.11 Å². The Balaban J connectivity index is 1.45. The van der Waals surface area contributed by atoms with Gasteiger partial charge in [-0.3, -0.25) is 4.79 Å². The molecule has 0 radical (unpaired) electrons. The van der Waals surface area contributed by atoms with E-state index in [0.717, 1.165) is 62.6 Å². The van der Waals surface area contributed by atoms with Gasteiger partial charge < -0.3 is 25.2 Å². The summed E-state index contributed by atoms with van der Waals surface area (Å²) in [6, 6.07) is 14.7. The molecule has 31 heavy (non-hydrogen) atoms. The second-order valence-corrected chi connectivity index (χ2v) is 7.68. The molecule has 1 heterocycles. The van der Waals surface area contributed by atoms with Crippen molar-refractivity contribution in [2.45, 2.75) is 32.6 Å². The van der Waals surface area contributed by atoms with Gasteiger partial charge in [-0.1, -0.05) is 19.8 Å². The summed E-state index contributed by atoms with van der Waals surface area (Å²) in [6.07, 6.45) is 3.89. The maximum atomic E-state index is 12.3. The molecule has 3 rings (SSSR count). The van der Waals surface area contributed by atoms with Crippen LogP contribution in [0.15, 0.2) is 48.5 Å². The highest BCUT2D eigenvalue weighted by Gasteiger charge is 2.20. The van der Waals surface area contributed by atoms with E-state index in [1.807, 2.05) is 29.2 Å². The molecular weight excluding hydrogens is 392 g/mol. The number of nitrogens with one attached hydrogen (secondary N) is 2. The fraction of sp³-hybridized carbons (Fsp3) is 0.417. The summed E-state index contributed by atoms with van der Waals surface area (Å²) in [5.41, 5.74) is 2.51. The first-order chi connectivity index (χ1) is 15.1. The van der Waals surface area contributed by atoms with Crippen molar-refractivity contribution in [3.63, 3.8) is 0 Å². The summed E-state index contributed by atoms with van der Waals surface area (Å²) < 4.78 is 5.12. The zero-order valence-electron chi connectivity index (χ0n) is 18.4. The monoisotopic (exact) mass is 424 g/mol. The summed E-state index contributed by atoms with van der Waals surface area (Å²) in [4.78, 5) is 28.7. The van der Waals surface area contributed by atoms with Crippen LogP contribution in [-0.2, 0) is 4.79 Å². The Morgan fingerprint density at radius 3 is 2.00 bits per heavy atom. The standard InChI is InChI=1S/C24H32N4O3/c1-3-4-5-6-23(29)28-17-15-27(16-18-28)21-11-7-19(8-12-21)25-24(30)26-20-9-13-22(31-2)14-10-20/h7-14H,3-6,15-18H2,1-2H3,(H2,25,26,30). The fourth-order valence-electron chi connectivity index (χ4n) is 3.62. The number of hydrogen-bond donors (Lipinski definition) is 2. The van der Waals surface area contributed by atoms with Crippen molar-refractivity contribution in [1.29, 1.82) is 0 Å². The van der Waals surface area contributed by atoms with Crippen molar-refractivity contribution in [3.05, 3.63) is 48.5 Å². The van der Waals surface area contributed by atoms with E-state index in [1.165, 1.54) is 0 Å². The van der Waals surface area contributed by atoms with Gasteiger partial charge in [-0.15, -0.1) is 0 Å². The van der Waals surface area contributed by atoms with Crippen molar-refractivity contribution in [3.8, 4) is 5.75 Å². The lowest BCUT2D eigenvalue weighted by molar-refractivity contribution is -0.131. The number of ether oxygens (including phenoxy) is 1. The van der Waals surface area contributed by atoms with Gasteiger partial charge in [-0.05, 0) is 55.0 Å². The molecule has 0 aliphatic carbocycles. The minimum Gasteiger partial charge on any atom is -0.497 e. The Morgan fingerprint density at radius 1 is 0.871 bits per heavy atom. The Labute approximate surface area is 184 Å². The van der Waals surface area contributed by atoms with Crippen LogP contribution >= 0.6 is 0 Å². The molecule has 3 amide bonds. The minimum atomic E-state index is -0.298. The van der Waals surface area contributed by atoms with E-state index in [1.54, 1.807) is 31.4 Å². The Hall–Kier alpha value is -3.22. The number of unbranched alkanes of at least 4 members (excludes halogenated alkanes) is 2. The Bertz CT molecular complexity index is 844. The third-order valence-electron chi connectivity index (χ3n) is 5.46. The normalized spacial score (nSPS) is 13.6. The molecule has 2 N–H and O–H groups in total. The molecule has 7 heteroatoms. The highest BCUT2D eigenvalue weighted by Crippen LogP contribution is 2.21. The average molecular weight is 425 g/mol. The largest absolute Gasteiger partial charge is 0.497 e. The van der Waals surface area contributed by atoms with Gasteiger partial charge in [0, 0.05) is 49.7 Å². The van der Waals surface area contributed by atoms with Crippen LogP contribution in [0.1, 0.15) is 32.6 Å². The molecule has 0 aromatic heterocycles. The number of urea groups is 1. The maximum Gasteiger partial charge on any atom is 0.323 e. The number of methoxy groups -OCH3 is 1. The predicted octanol–water partition coefficient (Wildman–Crippen LogP) is 4.57. The fourth-order valence-corrected chi connectivity index (χ4v) is 3.62. The van der Waals surface area contributed by atoms with Crippen LogP contribution in [0, 0.1) is 0 Å². The summed E-state index contributed by atoms with van der Waals surface area (Å²) in [5, 5.41) is 5.64. The smallest absolute Gasteiger partial charge is 0.323 e. The minimum absolute atomic E-state index is 0.274. The number of carbonyl (C=O) groups excluding carboxylic acids is 2. The number of nitrogens with zero attached hydrogens (tertiary/aromatic N) is 2. The molecule has 0 spiro atoms. The van der Waals surface area contributed by atoms with E-state index in [0.29, 0.717) is 12.1 Å². The summed E-state index contributed by atoms with van der Waals surface area (Å²) in [7, 11) is 1.60. The van der Waals surface area contributed by atoms with E-state index < -0.39 is 0 Å². The van der Waals surface area contributed by atoms with Crippen molar-refractivity contribution in [1.82, 2.24) is 4.90 Å². The quantitative estimate of drug-likeness (QED) is 0.609. The molecule has 1 fully saturated rings. The molecule has 1 aliphatic rings. The number of piperazine rings is 1. The summed E-state index contributed by atoms with van der Waals surface area (Å²) in [5.74, 6) is 1.01. The van der Waals surface area contributed by atoms with Gasteiger partial charge in [0.15, 0.2) is 0 Å². The van der Waals surface area contributed by atoms with Crippen molar-refractivity contribution < 1.29 is 14.3 Å². The van der Waals surface area contributed by atoms with E-state index >= 15 is 0 Å². The lowest BCUT2D eigenvalue weighted by Gasteiger charge is -2.36. The van der Waals surface area contributed by atoms with Crippen LogP contribution in [0.25, 0.3) is 0 Å². The molecule has 0 saturated carbocycles. The molecule has 1 aliphatic heterocycles. The molecule has 1 saturated heterocycles. The van der Waals surface area contributed by atoms with Crippen molar-refractivity contribution in [2.24, 2.45) is 0 Å². The van der Waals surface area contributed by atoms with Crippen LogP contribution in [-0.4, -0.2) is 50.1 Å². The lowest BCUT2D eigenvalue weighted by Crippen LogP contribution is -2.48. The molecule has 166 valence electrons. The van der Waals surface area contributed by atoms with E-state index in [4.69, 9.17) is 4.74 Å². The van der Waals surface area contributed by atoms with Crippen LogP contribution < -0.4 is 20.3 Å². The maximum absolute atomic E-state index is 12.3. The molecule has 2 aromatic rings. The Morgan fingerprint density at radius 2 is 1.45 bits per heavy atom. The van der Waals surface area contributed by atoms with Crippen molar-refractivity contribution >= 4 is 29.0 Å². The first kappa shape index (κ1) is 22.5. The average Bonchev–Trinajstić information content (AvgIpc) is 2.80. The molecule has 0 unspecified atom stereocenters. The summed E-state index contributed by atoms with van der Waals surface area (Å²) in [6.45, 7) is 5.32. The van der Waals surface area contributed by atoms with Gasteiger partial charge in [-0.25, -0.2) is 4.79 Å². The molecule has 0 bridgehead atoms. The third-order valence-corrected chi connectivity index (χ3v) is 5.46. The third kappa shape index (κ3) is 6.64. The van der Waals surface area contributed by atoms with Crippen LogP contribution in [0.2, 0.25) is 0 Å². The number of anilines is 3. The number of amides is 3. The first-order valence-corrected chi connectivity index (χ1v) is 10.9. The topological polar surface area (TPSA) is 73.9 Å². The van der Waals surface area contributed by atoms with Crippen LogP contribution in [0.5, 0.6) is 5.75 Å². The highest BCUT2D eigenvalue weighted by molar-refractivity contribution is 5.99. The summed E-state index contributed by atoms with van der Waals surface area (Å²) >= 11 is 0. The lowest BCUT2D eigenvalue weighted by atomic mass is 10.1. The predicted molar refractivity (Wildman–Crippen MR) is 125 cm³/mol. The van der Waals surface area contributed by atoms with Crippen molar-refractivity contribution in [2.75, 3.05) is 48.8 Å². The van der Waals surface area contributed by atoms with E-state index in [9.17, 15) is 9.59 Å². The number of rotatable bonds is 8. The van der Waals surface area contributed by atoms with E-state index in [-0.39, 0.29) is 11.9 Å². The molecule has 7 nitrogen and oxygen atoms in total. The SMILES string of the molecule is CCCCCC(=O)N1CCN(c2ccc(NC(=O)Nc3ccc(OC)cc3)cc2)CC1. The zero-order chi connectivity index (χ0) is 22.1. The molecule has 0 atom stereocenters. The van der Waals surface area contributed by atoms with Gasteiger partial charge in [-0.2, -0.15) is 0 Å². The molecular formula is C24H32N4O3. The first-order valence-electron chi connectivity index (χ1n) is 10.9. The number of carbonyl (C=O) groups is 2. The van der Waals surface area contributed by atoms with Crippen LogP contribution in [0.4, 0.5) is 21.9 Å². The van der Waals surface area contributed by atoms with Gasteiger partial charge in [0.2, 0.25) is 5.91 Å². The number of benzene rings is 2. The van der Waals surface area contributed by atoms with Gasteiger partial charge >= 0.3 is 6.03 Å². The molecule has 2 aromatic carbocycles. The second kappa shape index (κ2) is 11.2. The van der Waals surface area contributed by atoms with Gasteiger partial charge in [0.1, 0.15) is 5.75 Å². The zero-order valence-corrected chi connectivity index (χ0v) is 18.4. The van der Waals surface area contributed by atoms with E-state index in [2.05, 4.69) is 22.5 Å². The van der Waals surface area contributed by atoms with Gasteiger partial charge in [0.25, 0.3) is 0 Å². The Kier molecular flexibility index (Phi) is 8.15. The highest BCUT2D eigenvalue weighted by atomic mass is 16.5. The number of hydrogen-bond acceptors (Lipinski definition) is 4.